The smallest absolute Gasteiger partial charge is 0.673 e. The van der Waals surface area contributed by atoms with Gasteiger partial charge >= 0.3 is 21.7 Å². The summed E-state index contributed by atoms with van der Waals surface area (Å²) in [5.41, 5.74) is 6.69. The number of hydrogen-bond donors (Lipinski definition) is 0. The van der Waals surface area contributed by atoms with Crippen LogP contribution in [-0.4, -0.2) is 16.5 Å². The maximum atomic E-state index is 6.94. The van der Waals surface area contributed by atoms with E-state index in [1.54, 1.807) is 0 Å². The van der Waals surface area contributed by atoms with Crippen LogP contribution in [0.3, 0.4) is 0 Å². The Hall–Kier alpha value is 0.371. The molecule has 2 atom stereocenters. The second-order valence-corrected chi connectivity index (χ2v) is 5.07. The van der Waals surface area contributed by atoms with Gasteiger partial charge in [0.2, 0.25) is 0 Å². The minimum Gasteiger partial charge on any atom is -0.673 e. The third kappa shape index (κ3) is 12.8. The summed E-state index contributed by atoms with van der Waals surface area (Å²) in [7, 11) is 0. The van der Waals surface area contributed by atoms with Gasteiger partial charge in [0.05, 0.1) is 0 Å². The molecule has 0 heterocycles. The van der Waals surface area contributed by atoms with Crippen LogP contribution in [0, 0.1) is 33.1 Å². The summed E-state index contributed by atoms with van der Waals surface area (Å²) in [6.07, 6.45) is 14.1. The zero-order valence-corrected chi connectivity index (χ0v) is 13.5. The van der Waals surface area contributed by atoms with Crippen LogP contribution in [-0.2, 0) is 21.7 Å². The molecular formula is C15H31NSiTi. The molecule has 0 saturated heterocycles. The average Bonchev–Trinajstić information content (AvgIpc) is 2.47. The second-order valence-electron chi connectivity index (χ2n) is 5.07. The van der Waals surface area contributed by atoms with Crippen LogP contribution in [0.25, 0.3) is 5.73 Å². The van der Waals surface area contributed by atoms with Crippen molar-refractivity contribution >= 4 is 11.0 Å². The van der Waals surface area contributed by atoms with E-state index in [2.05, 4.69) is 30.7 Å². The molecule has 1 N–H and O–H groups in total. The number of nitrogens with one attached hydrogen (secondary N) is 1. The average molecular weight is 301 g/mol. The van der Waals surface area contributed by atoms with E-state index in [1.807, 2.05) is 20.8 Å². The van der Waals surface area contributed by atoms with Crippen LogP contribution in [0.1, 0.15) is 33.6 Å². The first kappa shape index (κ1) is 26.8. The van der Waals surface area contributed by atoms with Gasteiger partial charge in [0.1, 0.15) is 0 Å². The summed E-state index contributed by atoms with van der Waals surface area (Å²) in [6.45, 7) is 5.56. The van der Waals surface area contributed by atoms with E-state index in [1.165, 1.54) is 12.8 Å². The molecule has 2 unspecified atom stereocenters. The molecule has 0 radical (unpaired) electrons. The Morgan fingerprint density at radius 2 is 1.56 bits per heavy atom. The topological polar surface area (TPSA) is 23.8 Å². The van der Waals surface area contributed by atoms with E-state index in [0.717, 1.165) is 11.8 Å². The van der Waals surface area contributed by atoms with Crippen molar-refractivity contribution in [3.8, 4) is 0 Å². The minimum absolute atomic E-state index is 0. The fourth-order valence-corrected chi connectivity index (χ4v) is 1.69. The van der Waals surface area contributed by atoms with Crippen molar-refractivity contribution in [2.45, 2.75) is 39.2 Å². The van der Waals surface area contributed by atoms with Gasteiger partial charge in [-0.2, -0.15) is 6.42 Å². The normalized spacial score (nSPS) is 22.9. The van der Waals surface area contributed by atoms with Gasteiger partial charge in [-0.1, -0.05) is 45.4 Å². The molecule has 1 nitrogen and oxygen atoms in total. The van der Waals surface area contributed by atoms with Gasteiger partial charge in [0.15, 0.2) is 0 Å². The Labute approximate surface area is 135 Å². The number of fused-ring (bicyclic) bond motifs is 1. The molecule has 0 aromatic rings. The molecule has 0 aromatic heterocycles. The first-order chi connectivity index (χ1) is 6.47. The van der Waals surface area contributed by atoms with Gasteiger partial charge < -0.3 is 27.0 Å². The van der Waals surface area contributed by atoms with Crippen molar-refractivity contribution in [3.63, 3.8) is 0 Å². The summed E-state index contributed by atoms with van der Waals surface area (Å²) in [6, 6.07) is 0. The molecule has 0 amide bonds. The third-order valence-electron chi connectivity index (χ3n) is 2.24. The Bertz CT molecular complexity index is 207. The number of hydrogen-bond acceptors (Lipinski definition) is 0. The van der Waals surface area contributed by atoms with Crippen LogP contribution in [0.2, 0.25) is 0 Å². The first-order valence-corrected chi connectivity index (χ1v) is 5.40. The molecule has 0 aliphatic heterocycles. The molecule has 0 spiro atoms. The molecule has 1 saturated carbocycles. The van der Waals surface area contributed by atoms with Crippen LogP contribution >= 0.6 is 0 Å². The predicted molar refractivity (Wildman–Crippen MR) is 87.0 cm³/mol. The summed E-state index contributed by atoms with van der Waals surface area (Å²) in [5, 5.41) is 0. The quantitative estimate of drug-likeness (QED) is 0.482. The summed E-state index contributed by atoms with van der Waals surface area (Å²) < 4.78 is 0. The molecule has 3 heteroatoms. The van der Waals surface area contributed by atoms with Gasteiger partial charge in [-0.15, -0.1) is 17.5 Å². The summed E-state index contributed by atoms with van der Waals surface area (Å²) in [4.78, 5) is 0. The molecule has 0 aromatic carbocycles. The molecule has 2 aliphatic carbocycles. The third-order valence-corrected chi connectivity index (χ3v) is 2.24. The van der Waals surface area contributed by atoms with Gasteiger partial charge in [-0.05, 0) is 16.9 Å². The summed E-state index contributed by atoms with van der Waals surface area (Å²) >= 11 is 0. The first-order valence-electron chi connectivity index (χ1n) is 5.40. The monoisotopic (exact) mass is 301 g/mol. The SMILES string of the molecule is C1=CC2[CH-]CCC2C=C1.CC(C)(C)[NH-].[CH3-].[CH3-].[SiH4].[Ti+4]. The molecule has 0 bridgehead atoms. The molecule has 18 heavy (non-hydrogen) atoms. The van der Waals surface area contributed by atoms with Crippen LogP contribution in [0.15, 0.2) is 24.3 Å². The van der Waals surface area contributed by atoms with Gasteiger partial charge in [-0.25, -0.2) is 0 Å². The van der Waals surface area contributed by atoms with E-state index < -0.39 is 0 Å². The Morgan fingerprint density at radius 3 is 2.00 bits per heavy atom. The number of rotatable bonds is 0. The van der Waals surface area contributed by atoms with Crippen molar-refractivity contribution in [3.05, 3.63) is 51.3 Å². The Kier molecular flexibility index (Phi) is 18.5. The zero-order valence-electron chi connectivity index (χ0n) is 12.0. The van der Waals surface area contributed by atoms with Crippen molar-refractivity contribution in [1.29, 1.82) is 0 Å². The van der Waals surface area contributed by atoms with Crippen LogP contribution in [0.5, 0.6) is 0 Å². The van der Waals surface area contributed by atoms with Crippen LogP contribution < -0.4 is 0 Å². The fraction of sp³-hybridized carbons (Fsp3) is 0.533. The molecular weight excluding hydrogens is 270 g/mol. The van der Waals surface area contributed by atoms with Crippen molar-refractivity contribution in [2.75, 3.05) is 0 Å². The maximum Gasteiger partial charge on any atom is 4.00 e. The fourth-order valence-electron chi connectivity index (χ4n) is 1.69. The Morgan fingerprint density at radius 1 is 1.11 bits per heavy atom. The van der Waals surface area contributed by atoms with Crippen LogP contribution in [0.4, 0.5) is 0 Å². The molecule has 2 rings (SSSR count). The Balaban J connectivity index is -0.0000000993. The molecule has 1 fully saturated rings. The largest absolute Gasteiger partial charge is 4.00 e. The number of allylic oxidation sites excluding steroid dienone is 4. The van der Waals surface area contributed by atoms with Crippen molar-refractivity contribution in [2.24, 2.45) is 11.8 Å². The summed E-state index contributed by atoms with van der Waals surface area (Å²) in [5.74, 6) is 1.62. The van der Waals surface area contributed by atoms with E-state index in [0.29, 0.717) is 0 Å². The van der Waals surface area contributed by atoms with Crippen molar-refractivity contribution in [1.82, 2.24) is 0 Å². The molecule has 104 valence electrons. The van der Waals surface area contributed by atoms with Crippen molar-refractivity contribution < 1.29 is 21.7 Å². The van der Waals surface area contributed by atoms with Gasteiger partial charge in [-0.3, -0.25) is 0 Å². The maximum absolute atomic E-state index is 6.94. The second kappa shape index (κ2) is 12.4. The van der Waals surface area contributed by atoms with Gasteiger partial charge in [0, 0.05) is 0 Å². The zero-order chi connectivity index (χ0) is 10.6. The van der Waals surface area contributed by atoms with E-state index in [9.17, 15) is 0 Å². The van der Waals surface area contributed by atoms with E-state index in [-0.39, 0.29) is 53.1 Å². The van der Waals surface area contributed by atoms with Gasteiger partial charge in [0.25, 0.3) is 0 Å². The van der Waals surface area contributed by atoms with E-state index in [4.69, 9.17) is 5.73 Å². The standard InChI is InChI=1S/C9H11.C4H10N.2CH3.H4Si.Ti/c1-2-5-9-7-3-6-8(9)4-1;1-4(2,3)5;;;;/h1-2,4-6,8-9H,3,7H2;5H,1-3H3;2*1H3;1H4;/q4*-1;;+4. The predicted octanol–water partition coefficient (Wildman–Crippen LogP) is 3.63. The minimum atomic E-state index is -0.250. The van der Waals surface area contributed by atoms with E-state index >= 15 is 0 Å². The molecule has 2 aliphatic rings.